The van der Waals surface area contributed by atoms with E-state index in [-0.39, 0.29) is 18.4 Å². The summed E-state index contributed by atoms with van der Waals surface area (Å²) in [6, 6.07) is 21.7. The summed E-state index contributed by atoms with van der Waals surface area (Å²) in [6.07, 6.45) is 0.716. The standard InChI is InChI=1S/C26H26N2O3/c1-19(25(27)29)15-22-11-13-23-16-20(10-12-24(23)17-22)7-5-6-14-28-26(30)31-18-21-8-3-2-4-9-21/h2-4,8-13,16-17,19H,6,14-15,18H2,1H3,(H2,27,29)(H,28,30)/t19-/m0/s1. The summed E-state index contributed by atoms with van der Waals surface area (Å²) in [5.74, 6) is 5.73. The Labute approximate surface area is 182 Å². The predicted molar refractivity (Wildman–Crippen MR) is 122 cm³/mol. The highest BCUT2D eigenvalue weighted by Crippen LogP contribution is 2.19. The third-order valence-electron chi connectivity index (χ3n) is 4.90. The first-order valence-corrected chi connectivity index (χ1v) is 10.3. The van der Waals surface area contributed by atoms with Gasteiger partial charge in [0.15, 0.2) is 0 Å². The summed E-state index contributed by atoms with van der Waals surface area (Å²) >= 11 is 0. The molecule has 5 nitrogen and oxygen atoms in total. The van der Waals surface area contributed by atoms with Crippen LogP contribution in [0.25, 0.3) is 10.8 Å². The summed E-state index contributed by atoms with van der Waals surface area (Å²) in [5.41, 5.74) is 8.30. The highest BCUT2D eigenvalue weighted by atomic mass is 16.5. The maximum absolute atomic E-state index is 11.7. The van der Waals surface area contributed by atoms with E-state index in [4.69, 9.17) is 10.5 Å². The molecule has 158 valence electrons. The Morgan fingerprint density at radius 1 is 1.00 bits per heavy atom. The second-order valence-corrected chi connectivity index (χ2v) is 7.44. The van der Waals surface area contributed by atoms with Crippen molar-refractivity contribution in [1.29, 1.82) is 0 Å². The van der Waals surface area contributed by atoms with E-state index in [0.717, 1.165) is 27.5 Å². The molecule has 0 aliphatic carbocycles. The van der Waals surface area contributed by atoms with Crippen molar-refractivity contribution in [3.05, 3.63) is 83.4 Å². The quantitative estimate of drug-likeness (QED) is 0.450. The van der Waals surface area contributed by atoms with Crippen LogP contribution in [0.3, 0.4) is 0 Å². The molecule has 0 bridgehead atoms. The summed E-state index contributed by atoms with van der Waals surface area (Å²) < 4.78 is 5.16. The number of hydrogen-bond acceptors (Lipinski definition) is 3. The minimum atomic E-state index is -0.446. The molecule has 0 aromatic heterocycles. The Bertz CT molecular complexity index is 1110. The van der Waals surface area contributed by atoms with Crippen LogP contribution in [0.2, 0.25) is 0 Å². The van der Waals surface area contributed by atoms with Crippen LogP contribution in [0.5, 0.6) is 0 Å². The number of hydrogen-bond donors (Lipinski definition) is 2. The van der Waals surface area contributed by atoms with Crippen LogP contribution in [0.4, 0.5) is 4.79 Å². The molecule has 3 rings (SSSR count). The van der Waals surface area contributed by atoms with E-state index in [1.165, 1.54) is 0 Å². The van der Waals surface area contributed by atoms with Crippen molar-refractivity contribution >= 4 is 22.8 Å². The molecule has 5 heteroatoms. The number of alkyl carbamates (subject to hydrolysis) is 1. The number of rotatable bonds is 7. The molecule has 0 aliphatic heterocycles. The van der Waals surface area contributed by atoms with Crippen LogP contribution in [0.15, 0.2) is 66.7 Å². The number of amides is 2. The maximum atomic E-state index is 11.7. The number of nitrogens with one attached hydrogen (secondary N) is 1. The van der Waals surface area contributed by atoms with Crippen molar-refractivity contribution in [2.75, 3.05) is 6.54 Å². The van der Waals surface area contributed by atoms with Gasteiger partial charge in [0, 0.05) is 24.4 Å². The van der Waals surface area contributed by atoms with E-state index >= 15 is 0 Å². The number of benzene rings is 3. The van der Waals surface area contributed by atoms with Gasteiger partial charge in [0.05, 0.1) is 0 Å². The SMILES string of the molecule is C[C@@H](Cc1ccc2cc(C#CCCNC(=O)OCc3ccccc3)ccc2c1)C(N)=O. The highest BCUT2D eigenvalue weighted by molar-refractivity contribution is 5.85. The second-order valence-electron chi connectivity index (χ2n) is 7.44. The largest absolute Gasteiger partial charge is 0.445 e. The average molecular weight is 415 g/mol. The van der Waals surface area contributed by atoms with Gasteiger partial charge in [0.25, 0.3) is 0 Å². The van der Waals surface area contributed by atoms with Crippen molar-refractivity contribution < 1.29 is 14.3 Å². The van der Waals surface area contributed by atoms with Crippen molar-refractivity contribution in [2.45, 2.75) is 26.4 Å². The molecular formula is C26H26N2O3. The molecule has 0 radical (unpaired) electrons. The van der Waals surface area contributed by atoms with Gasteiger partial charge in [0.1, 0.15) is 6.61 Å². The predicted octanol–water partition coefficient (Wildman–Crippen LogP) is 4.17. The molecular weight excluding hydrogens is 388 g/mol. The van der Waals surface area contributed by atoms with E-state index in [2.05, 4.69) is 23.2 Å². The van der Waals surface area contributed by atoms with E-state index in [0.29, 0.717) is 19.4 Å². The lowest BCUT2D eigenvalue weighted by Crippen LogP contribution is -2.24. The molecule has 1 atom stereocenters. The van der Waals surface area contributed by atoms with Crippen LogP contribution in [-0.4, -0.2) is 18.5 Å². The van der Waals surface area contributed by atoms with Gasteiger partial charge in [-0.3, -0.25) is 4.79 Å². The number of carbonyl (C=O) groups is 2. The lowest BCUT2D eigenvalue weighted by molar-refractivity contribution is -0.121. The maximum Gasteiger partial charge on any atom is 0.407 e. The van der Waals surface area contributed by atoms with Crippen LogP contribution in [-0.2, 0) is 22.6 Å². The molecule has 0 unspecified atom stereocenters. The first-order valence-electron chi connectivity index (χ1n) is 10.3. The number of primary amides is 1. The number of ether oxygens (including phenoxy) is 1. The lowest BCUT2D eigenvalue weighted by atomic mass is 9.97. The minimum Gasteiger partial charge on any atom is -0.445 e. The molecule has 0 spiro atoms. The first-order chi connectivity index (χ1) is 15.0. The average Bonchev–Trinajstić information content (AvgIpc) is 2.78. The van der Waals surface area contributed by atoms with E-state index in [1.807, 2.05) is 67.6 Å². The first kappa shape index (κ1) is 21.9. The minimum absolute atomic E-state index is 0.188. The zero-order valence-electron chi connectivity index (χ0n) is 17.6. The van der Waals surface area contributed by atoms with Crippen molar-refractivity contribution in [1.82, 2.24) is 5.32 Å². The zero-order chi connectivity index (χ0) is 22.1. The van der Waals surface area contributed by atoms with Gasteiger partial charge in [-0.05, 0) is 40.5 Å². The topological polar surface area (TPSA) is 81.4 Å². The van der Waals surface area contributed by atoms with Crippen LogP contribution in [0, 0.1) is 17.8 Å². The van der Waals surface area contributed by atoms with Gasteiger partial charge in [-0.15, -0.1) is 0 Å². The molecule has 0 fully saturated rings. The fourth-order valence-electron chi connectivity index (χ4n) is 3.12. The molecule has 0 aliphatic rings. The second kappa shape index (κ2) is 10.8. The Balaban J connectivity index is 1.47. The Morgan fingerprint density at radius 3 is 2.52 bits per heavy atom. The smallest absolute Gasteiger partial charge is 0.407 e. The molecule has 3 aromatic rings. The van der Waals surface area contributed by atoms with Gasteiger partial charge >= 0.3 is 6.09 Å². The Morgan fingerprint density at radius 2 is 1.74 bits per heavy atom. The lowest BCUT2D eigenvalue weighted by Gasteiger charge is -2.08. The molecule has 3 N–H and O–H groups in total. The number of carbonyl (C=O) groups excluding carboxylic acids is 2. The zero-order valence-corrected chi connectivity index (χ0v) is 17.6. The molecule has 0 saturated heterocycles. The van der Waals surface area contributed by atoms with Crippen molar-refractivity contribution in [3.8, 4) is 11.8 Å². The molecule has 31 heavy (non-hydrogen) atoms. The van der Waals surface area contributed by atoms with E-state index in [9.17, 15) is 9.59 Å². The molecule has 0 heterocycles. The summed E-state index contributed by atoms with van der Waals surface area (Å²) in [5, 5.41) is 4.89. The Kier molecular flexibility index (Phi) is 7.67. The summed E-state index contributed by atoms with van der Waals surface area (Å²) in [7, 11) is 0. The highest BCUT2D eigenvalue weighted by Gasteiger charge is 2.09. The van der Waals surface area contributed by atoms with Crippen molar-refractivity contribution in [2.24, 2.45) is 11.7 Å². The van der Waals surface area contributed by atoms with Crippen LogP contribution < -0.4 is 11.1 Å². The normalized spacial score (nSPS) is 11.3. The fourth-order valence-corrected chi connectivity index (χ4v) is 3.12. The Hall–Kier alpha value is -3.78. The van der Waals surface area contributed by atoms with E-state index in [1.54, 1.807) is 0 Å². The molecule has 2 amide bonds. The van der Waals surface area contributed by atoms with Gasteiger partial charge in [-0.1, -0.05) is 73.4 Å². The van der Waals surface area contributed by atoms with Gasteiger partial charge in [0.2, 0.25) is 5.91 Å². The van der Waals surface area contributed by atoms with Gasteiger partial charge in [-0.25, -0.2) is 4.79 Å². The summed E-state index contributed by atoms with van der Waals surface area (Å²) in [6.45, 7) is 2.51. The fraction of sp³-hybridized carbons (Fsp3) is 0.231. The summed E-state index contributed by atoms with van der Waals surface area (Å²) in [4.78, 5) is 23.0. The number of nitrogens with two attached hydrogens (primary N) is 1. The van der Waals surface area contributed by atoms with Crippen molar-refractivity contribution in [3.63, 3.8) is 0 Å². The van der Waals surface area contributed by atoms with Crippen LogP contribution >= 0.6 is 0 Å². The third kappa shape index (κ3) is 6.90. The van der Waals surface area contributed by atoms with E-state index < -0.39 is 6.09 Å². The van der Waals surface area contributed by atoms with Crippen LogP contribution in [0.1, 0.15) is 30.0 Å². The number of fused-ring (bicyclic) bond motifs is 1. The molecule has 3 aromatic carbocycles. The van der Waals surface area contributed by atoms with Gasteiger partial charge in [-0.2, -0.15) is 0 Å². The monoisotopic (exact) mass is 414 g/mol. The molecule has 0 saturated carbocycles. The third-order valence-corrected chi connectivity index (χ3v) is 4.90. The van der Waals surface area contributed by atoms with Gasteiger partial charge < -0.3 is 15.8 Å².